The number of anilines is 1. The minimum absolute atomic E-state index is 0.163. The first-order valence-electron chi connectivity index (χ1n) is 10.6. The highest BCUT2D eigenvalue weighted by molar-refractivity contribution is 7.15. The number of carboxylic acids is 1. The van der Waals surface area contributed by atoms with Gasteiger partial charge in [-0.1, -0.05) is 25.1 Å². The fourth-order valence-electron chi connectivity index (χ4n) is 3.97. The Hall–Kier alpha value is -3.52. The summed E-state index contributed by atoms with van der Waals surface area (Å²) in [6.07, 6.45) is 1.07. The maximum absolute atomic E-state index is 12.7. The molecule has 2 N–H and O–H groups in total. The van der Waals surface area contributed by atoms with Crippen LogP contribution in [-0.2, 0) is 4.79 Å². The predicted octanol–water partition coefficient (Wildman–Crippen LogP) is 5.39. The Morgan fingerprint density at radius 1 is 1.12 bits per heavy atom. The SMILES string of the molecule is CCCOc1cc([C@@H]2CC(=O)Nc3c2sc(C(=O)O)c3-c2ccc(OC)cc2)ccc1OC. The van der Waals surface area contributed by atoms with Gasteiger partial charge in [-0.25, -0.2) is 4.79 Å². The molecule has 1 aliphatic rings. The van der Waals surface area contributed by atoms with Crippen LogP contribution in [0.2, 0.25) is 0 Å². The number of hydrogen-bond donors (Lipinski definition) is 2. The molecule has 4 rings (SSSR count). The van der Waals surface area contributed by atoms with Crippen LogP contribution in [-0.4, -0.2) is 37.8 Å². The largest absolute Gasteiger partial charge is 0.497 e. The van der Waals surface area contributed by atoms with Crippen LogP contribution in [0.25, 0.3) is 11.1 Å². The van der Waals surface area contributed by atoms with Crippen LogP contribution in [0.15, 0.2) is 42.5 Å². The summed E-state index contributed by atoms with van der Waals surface area (Å²) >= 11 is 1.20. The maximum atomic E-state index is 12.7. The molecule has 1 aliphatic heterocycles. The summed E-state index contributed by atoms with van der Waals surface area (Å²) in [5.74, 6) is 0.399. The van der Waals surface area contributed by atoms with Gasteiger partial charge in [0.2, 0.25) is 5.91 Å². The molecule has 172 valence electrons. The zero-order valence-corrected chi connectivity index (χ0v) is 19.5. The average molecular weight is 468 g/mol. The number of aromatic carboxylic acids is 1. The molecule has 0 saturated heterocycles. The number of rotatable bonds is 8. The maximum Gasteiger partial charge on any atom is 0.346 e. The molecule has 2 aromatic carbocycles. The van der Waals surface area contributed by atoms with Crippen molar-refractivity contribution in [1.82, 2.24) is 0 Å². The van der Waals surface area contributed by atoms with E-state index < -0.39 is 5.97 Å². The number of hydrogen-bond acceptors (Lipinski definition) is 6. The molecule has 0 radical (unpaired) electrons. The standard InChI is InChI=1S/C25H25NO6S/c1-4-11-32-19-12-15(7-10-18(19)31-3)17-13-20(27)26-22-21(24(25(28)29)33-23(17)22)14-5-8-16(30-2)9-6-14/h5-10,12,17H,4,11,13H2,1-3H3,(H,26,27)(H,28,29)/t17-/m0/s1. The number of carbonyl (C=O) groups is 2. The van der Waals surface area contributed by atoms with E-state index in [-0.39, 0.29) is 23.1 Å². The molecule has 0 unspecified atom stereocenters. The number of nitrogens with one attached hydrogen (secondary N) is 1. The fraction of sp³-hybridized carbons (Fsp3) is 0.280. The Kier molecular flexibility index (Phi) is 6.55. The van der Waals surface area contributed by atoms with Gasteiger partial charge in [-0.2, -0.15) is 0 Å². The molecule has 0 aliphatic carbocycles. The minimum Gasteiger partial charge on any atom is -0.497 e. The predicted molar refractivity (Wildman–Crippen MR) is 127 cm³/mol. The van der Waals surface area contributed by atoms with Gasteiger partial charge in [0.25, 0.3) is 0 Å². The van der Waals surface area contributed by atoms with E-state index in [4.69, 9.17) is 14.2 Å². The normalized spacial score (nSPS) is 14.9. The molecular weight excluding hydrogens is 442 g/mol. The van der Waals surface area contributed by atoms with Crippen molar-refractivity contribution in [3.63, 3.8) is 0 Å². The van der Waals surface area contributed by atoms with Crippen molar-refractivity contribution in [3.05, 3.63) is 57.8 Å². The van der Waals surface area contributed by atoms with Crippen molar-refractivity contribution in [2.24, 2.45) is 0 Å². The second-order valence-electron chi connectivity index (χ2n) is 7.64. The Morgan fingerprint density at radius 3 is 2.52 bits per heavy atom. The zero-order valence-electron chi connectivity index (χ0n) is 18.6. The average Bonchev–Trinajstić information content (AvgIpc) is 3.21. The van der Waals surface area contributed by atoms with Gasteiger partial charge in [-0.15, -0.1) is 11.3 Å². The summed E-state index contributed by atoms with van der Waals surface area (Å²) in [5, 5.41) is 12.9. The molecule has 3 aromatic rings. The number of carboxylic acid groups (broad SMARTS) is 1. The smallest absolute Gasteiger partial charge is 0.346 e. The lowest BCUT2D eigenvalue weighted by Gasteiger charge is -2.24. The van der Waals surface area contributed by atoms with E-state index in [0.717, 1.165) is 16.9 Å². The molecule has 2 heterocycles. The topological polar surface area (TPSA) is 94.1 Å². The molecule has 1 amide bonds. The number of methoxy groups -OCH3 is 2. The molecular formula is C25H25NO6S. The van der Waals surface area contributed by atoms with Crippen LogP contribution in [0.5, 0.6) is 17.2 Å². The van der Waals surface area contributed by atoms with Gasteiger partial charge in [-0.3, -0.25) is 4.79 Å². The second kappa shape index (κ2) is 9.54. The van der Waals surface area contributed by atoms with E-state index in [0.29, 0.717) is 40.7 Å². The summed E-state index contributed by atoms with van der Waals surface area (Å²) in [6.45, 7) is 2.56. The third-order valence-corrected chi connectivity index (χ3v) is 6.82. The monoisotopic (exact) mass is 467 g/mol. The van der Waals surface area contributed by atoms with E-state index in [2.05, 4.69) is 5.32 Å². The highest BCUT2D eigenvalue weighted by Crippen LogP contribution is 2.50. The first-order valence-corrected chi connectivity index (χ1v) is 11.4. The highest BCUT2D eigenvalue weighted by atomic mass is 32.1. The number of ether oxygens (including phenoxy) is 3. The Morgan fingerprint density at radius 2 is 1.88 bits per heavy atom. The van der Waals surface area contributed by atoms with Crippen LogP contribution in [0.1, 0.15) is 45.8 Å². The van der Waals surface area contributed by atoms with Crippen molar-refractivity contribution >= 4 is 28.9 Å². The van der Waals surface area contributed by atoms with E-state index >= 15 is 0 Å². The Balaban J connectivity index is 1.84. The lowest BCUT2D eigenvalue weighted by atomic mass is 9.88. The van der Waals surface area contributed by atoms with Crippen molar-refractivity contribution < 1.29 is 28.9 Å². The molecule has 33 heavy (non-hydrogen) atoms. The van der Waals surface area contributed by atoms with Gasteiger partial charge in [-0.05, 0) is 41.8 Å². The van der Waals surface area contributed by atoms with E-state index in [9.17, 15) is 14.7 Å². The van der Waals surface area contributed by atoms with Gasteiger partial charge in [0, 0.05) is 22.8 Å². The summed E-state index contributed by atoms with van der Waals surface area (Å²) in [7, 11) is 3.15. The van der Waals surface area contributed by atoms with E-state index in [1.165, 1.54) is 11.3 Å². The number of fused-ring (bicyclic) bond motifs is 1. The summed E-state index contributed by atoms with van der Waals surface area (Å²) in [6, 6.07) is 12.7. The lowest BCUT2D eigenvalue weighted by Crippen LogP contribution is -2.22. The zero-order chi connectivity index (χ0) is 23.5. The van der Waals surface area contributed by atoms with Crippen LogP contribution in [0, 0.1) is 0 Å². The van der Waals surface area contributed by atoms with Crippen molar-refractivity contribution in [1.29, 1.82) is 0 Å². The van der Waals surface area contributed by atoms with Crippen molar-refractivity contribution in [3.8, 4) is 28.4 Å². The Bertz CT molecular complexity index is 1180. The summed E-state index contributed by atoms with van der Waals surface area (Å²) in [4.78, 5) is 25.9. The quantitative estimate of drug-likeness (QED) is 0.461. The third-order valence-electron chi connectivity index (χ3n) is 5.53. The van der Waals surface area contributed by atoms with Gasteiger partial charge < -0.3 is 24.6 Å². The third kappa shape index (κ3) is 4.39. The van der Waals surface area contributed by atoms with Crippen LogP contribution in [0.3, 0.4) is 0 Å². The van der Waals surface area contributed by atoms with Crippen LogP contribution in [0.4, 0.5) is 5.69 Å². The molecule has 0 bridgehead atoms. The number of benzene rings is 2. The molecule has 7 nitrogen and oxygen atoms in total. The van der Waals surface area contributed by atoms with Crippen molar-refractivity contribution in [2.45, 2.75) is 25.7 Å². The molecule has 0 fully saturated rings. The minimum atomic E-state index is -1.03. The van der Waals surface area contributed by atoms with Crippen LogP contribution >= 0.6 is 11.3 Å². The molecule has 0 spiro atoms. The molecule has 1 aromatic heterocycles. The number of thiophene rings is 1. The van der Waals surface area contributed by atoms with E-state index in [1.807, 2.05) is 25.1 Å². The number of amides is 1. The van der Waals surface area contributed by atoms with Gasteiger partial charge >= 0.3 is 5.97 Å². The first kappa shape index (κ1) is 22.7. The Labute approximate surface area is 195 Å². The van der Waals surface area contributed by atoms with E-state index in [1.54, 1.807) is 38.5 Å². The summed E-state index contributed by atoms with van der Waals surface area (Å²) < 4.78 is 16.5. The highest BCUT2D eigenvalue weighted by Gasteiger charge is 2.34. The van der Waals surface area contributed by atoms with Gasteiger partial charge in [0.1, 0.15) is 10.6 Å². The fourth-order valence-corrected chi connectivity index (χ4v) is 5.22. The van der Waals surface area contributed by atoms with Crippen LogP contribution < -0.4 is 19.5 Å². The molecule has 8 heteroatoms. The van der Waals surface area contributed by atoms with Gasteiger partial charge in [0.15, 0.2) is 11.5 Å². The molecule has 0 saturated carbocycles. The number of carbonyl (C=O) groups excluding carboxylic acids is 1. The van der Waals surface area contributed by atoms with Crippen molar-refractivity contribution in [2.75, 3.05) is 26.1 Å². The first-order chi connectivity index (χ1) is 16.0. The second-order valence-corrected chi connectivity index (χ2v) is 8.69. The van der Waals surface area contributed by atoms with Gasteiger partial charge in [0.05, 0.1) is 26.5 Å². The molecule has 1 atom stereocenters. The lowest BCUT2D eigenvalue weighted by molar-refractivity contribution is -0.116. The summed E-state index contributed by atoms with van der Waals surface area (Å²) in [5.41, 5.74) is 2.64.